The molecule has 0 aliphatic heterocycles. The van der Waals surface area contributed by atoms with E-state index in [1.807, 2.05) is 0 Å². The Balaban J connectivity index is 2.26. The molecule has 0 aromatic heterocycles. The summed E-state index contributed by atoms with van der Waals surface area (Å²) in [4.78, 5) is 4.23. The highest BCUT2D eigenvalue weighted by molar-refractivity contribution is 5.49. The van der Waals surface area contributed by atoms with E-state index in [9.17, 15) is 0 Å². The third-order valence-corrected chi connectivity index (χ3v) is 4.21. The van der Waals surface area contributed by atoms with Gasteiger partial charge in [-0.15, -0.1) is 0 Å². The number of hydrogen-bond donors (Lipinski definition) is 0. The predicted octanol–water partition coefficient (Wildman–Crippen LogP) is 4.72. The first kappa shape index (κ1) is 18.3. The highest BCUT2D eigenvalue weighted by atomic mass is 16.5. The van der Waals surface area contributed by atoms with Crippen molar-refractivity contribution in [2.24, 2.45) is 0 Å². The molecule has 2 aromatic carbocycles. The Morgan fingerprint density at radius 3 is 1.50 bits per heavy atom. The summed E-state index contributed by atoms with van der Waals surface area (Å²) in [6.45, 7) is 2.97. The molecule has 130 valence electrons. The van der Waals surface area contributed by atoms with Crippen molar-refractivity contribution in [2.75, 3.05) is 44.6 Å². The highest BCUT2D eigenvalue weighted by Gasteiger charge is 2.15. The molecule has 0 amide bonds. The molecule has 0 fully saturated rings. The van der Waals surface area contributed by atoms with Gasteiger partial charge in [-0.1, -0.05) is 37.6 Å². The maximum Gasteiger partial charge on any atom is 0.108 e. The third-order valence-electron chi connectivity index (χ3n) is 4.21. The summed E-state index contributed by atoms with van der Waals surface area (Å²) in [7, 11) is 8.24. The Bertz CT molecular complexity index is 551. The molecule has 0 saturated carbocycles. The van der Waals surface area contributed by atoms with Crippen LogP contribution >= 0.6 is 0 Å². The van der Waals surface area contributed by atoms with Gasteiger partial charge in [-0.3, -0.25) is 0 Å². The smallest absolute Gasteiger partial charge is 0.108 e. The molecule has 0 heterocycles. The first-order chi connectivity index (χ1) is 11.5. The first-order valence-corrected chi connectivity index (χ1v) is 8.69. The van der Waals surface area contributed by atoms with Gasteiger partial charge >= 0.3 is 0 Å². The molecule has 2 rings (SSSR count). The fraction of sp³-hybridized carbons (Fsp3) is 0.429. The third kappa shape index (κ3) is 4.75. The van der Waals surface area contributed by atoms with Crippen molar-refractivity contribution < 1.29 is 4.74 Å². The molecule has 0 unspecified atom stereocenters. The van der Waals surface area contributed by atoms with Crippen molar-refractivity contribution in [3.8, 4) is 0 Å². The standard InChI is InChI=1S/C21H30N2O/c1-6-7-16-24-21(17-8-12-19(13-9-17)22(2)3)18-10-14-20(15-11-18)23(4)5/h8-15,21H,6-7,16H2,1-5H3. The Kier molecular flexibility index (Phi) is 6.68. The topological polar surface area (TPSA) is 15.7 Å². The van der Waals surface area contributed by atoms with Crippen LogP contribution in [-0.2, 0) is 4.74 Å². The number of benzene rings is 2. The van der Waals surface area contributed by atoms with Gasteiger partial charge in [0, 0.05) is 46.2 Å². The normalized spacial score (nSPS) is 10.9. The van der Waals surface area contributed by atoms with Gasteiger partial charge in [-0.2, -0.15) is 0 Å². The lowest BCUT2D eigenvalue weighted by Gasteiger charge is -2.21. The van der Waals surface area contributed by atoms with Gasteiger partial charge in [0.25, 0.3) is 0 Å². The van der Waals surface area contributed by atoms with E-state index < -0.39 is 0 Å². The maximum absolute atomic E-state index is 6.23. The van der Waals surface area contributed by atoms with E-state index in [0.29, 0.717) is 0 Å². The largest absolute Gasteiger partial charge is 0.378 e. The molecule has 0 saturated heterocycles. The molecule has 0 spiro atoms. The van der Waals surface area contributed by atoms with Gasteiger partial charge in [0.2, 0.25) is 0 Å². The Labute approximate surface area is 146 Å². The SMILES string of the molecule is CCCCOC(c1ccc(N(C)C)cc1)c1ccc(N(C)C)cc1. The zero-order valence-electron chi connectivity index (χ0n) is 15.6. The Morgan fingerprint density at radius 2 is 1.17 bits per heavy atom. The average Bonchev–Trinajstić information content (AvgIpc) is 2.59. The van der Waals surface area contributed by atoms with E-state index in [1.54, 1.807) is 0 Å². The van der Waals surface area contributed by atoms with E-state index in [1.165, 1.54) is 22.5 Å². The fourth-order valence-corrected chi connectivity index (χ4v) is 2.62. The van der Waals surface area contributed by atoms with Gasteiger partial charge in [0.05, 0.1) is 0 Å². The summed E-state index contributed by atoms with van der Waals surface area (Å²) in [6, 6.07) is 17.3. The minimum Gasteiger partial charge on any atom is -0.378 e. The van der Waals surface area contributed by atoms with Crippen molar-refractivity contribution >= 4 is 11.4 Å². The predicted molar refractivity (Wildman–Crippen MR) is 104 cm³/mol. The number of nitrogens with zero attached hydrogens (tertiary/aromatic N) is 2. The molecule has 0 atom stereocenters. The van der Waals surface area contributed by atoms with E-state index in [4.69, 9.17) is 4.74 Å². The van der Waals surface area contributed by atoms with E-state index >= 15 is 0 Å². The van der Waals surface area contributed by atoms with Crippen LogP contribution in [-0.4, -0.2) is 34.8 Å². The molecule has 0 aliphatic carbocycles. The van der Waals surface area contributed by atoms with Gasteiger partial charge in [-0.25, -0.2) is 0 Å². The minimum atomic E-state index is -0.0102. The van der Waals surface area contributed by atoms with Gasteiger partial charge in [0.15, 0.2) is 0 Å². The maximum atomic E-state index is 6.23. The number of unbranched alkanes of at least 4 members (excludes halogenated alkanes) is 1. The summed E-state index contributed by atoms with van der Waals surface area (Å²) in [5, 5.41) is 0. The first-order valence-electron chi connectivity index (χ1n) is 8.69. The van der Waals surface area contributed by atoms with Crippen molar-refractivity contribution in [3.63, 3.8) is 0 Å². The molecule has 0 radical (unpaired) electrons. The zero-order chi connectivity index (χ0) is 17.5. The summed E-state index contributed by atoms with van der Waals surface area (Å²) in [6.07, 6.45) is 2.22. The molecule has 24 heavy (non-hydrogen) atoms. The van der Waals surface area contributed by atoms with E-state index in [2.05, 4.69) is 93.4 Å². The van der Waals surface area contributed by atoms with Crippen LogP contribution in [0, 0.1) is 0 Å². The van der Waals surface area contributed by atoms with Crippen LogP contribution in [0.15, 0.2) is 48.5 Å². The highest BCUT2D eigenvalue weighted by Crippen LogP contribution is 2.29. The fourth-order valence-electron chi connectivity index (χ4n) is 2.62. The summed E-state index contributed by atoms with van der Waals surface area (Å²) in [5.74, 6) is 0. The summed E-state index contributed by atoms with van der Waals surface area (Å²) in [5.41, 5.74) is 4.81. The number of hydrogen-bond acceptors (Lipinski definition) is 3. The van der Waals surface area contributed by atoms with Gasteiger partial charge in [0.1, 0.15) is 6.10 Å². The Hall–Kier alpha value is -2.00. The van der Waals surface area contributed by atoms with E-state index in [-0.39, 0.29) is 6.10 Å². The molecular formula is C21H30N2O. The number of ether oxygens (including phenoxy) is 1. The molecular weight excluding hydrogens is 296 g/mol. The van der Waals surface area contributed by atoms with Crippen molar-refractivity contribution in [3.05, 3.63) is 59.7 Å². The van der Waals surface area contributed by atoms with Crippen molar-refractivity contribution in [1.82, 2.24) is 0 Å². The Morgan fingerprint density at radius 1 is 0.750 bits per heavy atom. The van der Waals surface area contributed by atoms with Crippen molar-refractivity contribution in [1.29, 1.82) is 0 Å². The second-order valence-electron chi connectivity index (χ2n) is 6.58. The minimum absolute atomic E-state index is 0.0102. The van der Waals surface area contributed by atoms with Crippen LogP contribution in [0.2, 0.25) is 0 Å². The monoisotopic (exact) mass is 326 g/mol. The lowest BCUT2D eigenvalue weighted by Crippen LogP contribution is -2.11. The van der Waals surface area contributed by atoms with Crippen LogP contribution < -0.4 is 9.80 Å². The lowest BCUT2D eigenvalue weighted by molar-refractivity contribution is 0.0779. The van der Waals surface area contributed by atoms with Crippen LogP contribution in [0.25, 0.3) is 0 Å². The van der Waals surface area contributed by atoms with Gasteiger partial charge in [-0.05, 0) is 41.8 Å². The molecule has 0 N–H and O–H groups in total. The molecule has 3 heteroatoms. The zero-order valence-corrected chi connectivity index (χ0v) is 15.6. The molecule has 0 aliphatic rings. The molecule has 0 bridgehead atoms. The van der Waals surface area contributed by atoms with Crippen LogP contribution in [0.1, 0.15) is 37.0 Å². The van der Waals surface area contributed by atoms with Crippen LogP contribution in [0.3, 0.4) is 0 Å². The van der Waals surface area contributed by atoms with Crippen molar-refractivity contribution in [2.45, 2.75) is 25.9 Å². The molecule has 3 nitrogen and oxygen atoms in total. The quantitative estimate of drug-likeness (QED) is 0.653. The average molecular weight is 326 g/mol. The number of rotatable bonds is 8. The second kappa shape index (κ2) is 8.74. The summed E-state index contributed by atoms with van der Waals surface area (Å²) >= 11 is 0. The van der Waals surface area contributed by atoms with Crippen LogP contribution in [0.5, 0.6) is 0 Å². The summed E-state index contributed by atoms with van der Waals surface area (Å²) < 4.78 is 6.23. The number of anilines is 2. The second-order valence-corrected chi connectivity index (χ2v) is 6.58. The lowest BCUT2D eigenvalue weighted by atomic mass is 10.0. The van der Waals surface area contributed by atoms with Crippen LogP contribution in [0.4, 0.5) is 11.4 Å². The molecule has 2 aromatic rings. The van der Waals surface area contributed by atoms with Gasteiger partial charge < -0.3 is 14.5 Å². The van der Waals surface area contributed by atoms with E-state index in [0.717, 1.165) is 19.4 Å².